The normalized spacial score (nSPS) is 10.4. The van der Waals surface area contributed by atoms with Gasteiger partial charge in [-0.1, -0.05) is 12.1 Å². The Morgan fingerprint density at radius 1 is 1.50 bits per heavy atom. The number of halogens is 2. The van der Waals surface area contributed by atoms with E-state index in [1.807, 2.05) is 0 Å². The maximum atomic E-state index is 13.2. The van der Waals surface area contributed by atoms with E-state index in [0.717, 1.165) is 0 Å². The van der Waals surface area contributed by atoms with Gasteiger partial charge in [0.25, 0.3) is 0 Å². The van der Waals surface area contributed by atoms with E-state index in [1.54, 1.807) is 23.0 Å². The Bertz CT molecular complexity index is 513. The zero-order valence-corrected chi connectivity index (χ0v) is 10.5. The van der Waals surface area contributed by atoms with Gasteiger partial charge in [0.1, 0.15) is 11.5 Å². The summed E-state index contributed by atoms with van der Waals surface area (Å²) in [6.07, 6.45) is 0.155. The van der Waals surface area contributed by atoms with Gasteiger partial charge in [-0.25, -0.2) is 9.37 Å². The first-order valence-corrected chi connectivity index (χ1v) is 6.26. The summed E-state index contributed by atoms with van der Waals surface area (Å²) in [4.78, 5) is 15.7. The van der Waals surface area contributed by atoms with Crippen LogP contribution in [0.25, 0.3) is 0 Å². The molecule has 0 atom stereocenters. The third-order valence-electron chi connectivity index (χ3n) is 2.10. The second-order valence-corrected chi connectivity index (χ2v) is 4.70. The van der Waals surface area contributed by atoms with E-state index in [9.17, 15) is 9.18 Å². The summed E-state index contributed by atoms with van der Waals surface area (Å²) in [5.41, 5.74) is 2.67. The highest BCUT2D eigenvalue weighted by Crippen LogP contribution is 2.21. The topological polar surface area (TPSA) is 30.0 Å². The summed E-state index contributed by atoms with van der Waals surface area (Å²) >= 11 is 4.50. The van der Waals surface area contributed by atoms with Crippen LogP contribution >= 0.6 is 27.3 Å². The van der Waals surface area contributed by atoms with Crippen LogP contribution in [0.1, 0.15) is 16.1 Å². The number of thiazole rings is 1. The van der Waals surface area contributed by atoms with Crippen LogP contribution in [-0.2, 0) is 6.42 Å². The van der Waals surface area contributed by atoms with Crippen LogP contribution in [0.5, 0.6) is 0 Å². The average Bonchev–Trinajstić information content (AvgIpc) is 2.78. The molecule has 0 saturated heterocycles. The summed E-state index contributed by atoms with van der Waals surface area (Å²) in [7, 11) is 0. The molecule has 0 unspecified atom stereocenters. The minimum atomic E-state index is -0.358. The van der Waals surface area contributed by atoms with Gasteiger partial charge in [0.05, 0.1) is 9.98 Å². The van der Waals surface area contributed by atoms with E-state index >= 15 is 0 Å². The van der Waals surface area contributed by atoms with Gasteiger partial charge in [-0.2, -0.15) is 0 Å². The van der Waals surface area contributed by atoms with Crippen molar-refractivity contribution >= 4 is 33.0 Å². The third-order valence-corrected chi connectivity index (χ3v) is 3.58. The number of nitrogens with zero attached hydrogens (tertiary/aromatic N) is 1. The fourth-order valence-corrected chi connectivity index (χ4v) is 2.26. The number of hydrogen-bond donors (Lipinski definition) is 0. The van der Waals surface area contributed by atoms with Crippen molar-refractivity contribution in [3.63, 3.8) is 0 Å². The molecular weight excluding hydrogens is 293 g/mol. The van der Waals surface area contributed by atoms with Crippen LogP contribution < -0.4 is 0 Å². The van der Waals surface area contributed by atoms with Gasteiger partial charge >= 0.3 is 0 Å². The number of benzene rings is 1. The van der Waals surface area contributed by atoms with Gasteiger partial charge in [-0.15, -0.1) is 11.3 Å². The molecule has 1 aromatic carbocycles. The zero-order valence-electron chi connectivity index (χ0n) is 8.11. The molecule has 0 spiro atoms. The van der Waals surface area contributed by atoms with Gasteiger partial charge in [0.15, 0.2) is 5.78 Å². The smallest absolute Gasteiger partial charge is 0.186 e. The molecule has 5 heteroatoms. The Labute approximate surface area is 104 Å². The van der Waals surface area contributed by atoms with Crippen molar-refractivity contribution in [2.45, 2.75) is 6.42 Å². The highest BCUT2D eigenvalue weighted by molar-refractivity contribution is 9.10. The molecule has 0 N–H and O–H groups in total. The Kier molecular flexibility index (Phi) is 3.46. The Balaban J connectivity index is 2.22. The third kappa shape index (κ3) is 2.36. The van der Waals surface area contributed by atoms with E-state index in [-0.39, 0.29) is 18.0 Å². The van der Waals surface area contributed by atoms with Crippen molar-refractivity contribution in [1.29, 1.82) is 0 Å². The maximum Gasteiger partial charge on any atom is 0.186 e. The number of hydrogen-bond acceptors (Lipinski definition) is 3. The second-order valence-electron chi connectivity index (χ2n) is 3.19. The molecule has 2 nitrogen and oxygen atoms in total. The van der Waals surface area contributed by atoms with Gasteiger partial charge in [0, 0.05) is 11.8 Å². The van der Waals surface area contributed by atoms with E-state index in [0.29, 0.717) is 15.7 Å². The minimum Gasteiger partial charge on any atom is -0.292 e. The van der Waals surface area contributed by atoms with E-state index in [4.69, 9.17) is 0 Å². The second kappa shape index (κ2) is 4.84. The molecular formula is C11H7BrFNOS. The van der Waals surface area contributed by atoms with E-state index in [1.165, 1.54) is 17.4 Å². The van der Waals surface area contributed by atoms with Crippen LogP contribution in [0.3, 0.4) is 0 Å². The van der Waals surface area contributed by atoms with Crippen molar-refractivity contribution < 1.29 is 9.18 Å². The lowest BCUT2D eigenvalue weighted by Crippen LogP contribution is -2.04. The molecule has 0 bridgehead atoms. The van der Waals surface area contributed by atoms with Crippen molar-refractivity contribution in [3.8, 4) is 0 Å². The molecule has 1 heterocycles. The van der Waals surface area contributed by atoms with Gasteiger partial charge in [0.2, 0.25) is 0 Å². The molecule has 0 saturated carbocycles. The summed E-state index contributed by atoms with van der Waals surface area (Å²) in [6.45, 7) is 0. The SMILES string of the molecule is O=C(Cc1cccc(F)c1Br)c1cscn1. The molecule has 2 rings (SSSR count). The molecule has 0 aliphatic heterocycles. The van der Waals surface area contributed by atoms with Gasteiger partial charge in [-0.05, 0) is 27.6 Å². The van der Waals surface area contributed by atoms with E-state index < -0.39 is 0 Å². The highest BCUT2D eigenvalue weighted by atomic mass is 79.9. The summed E-state index contributed by atoms with van der Waals surface area (Å²) < 4.78 is 13.5. The van der Waals surface area contributed by atoms with Crippen LogP contribution in [0, 0.1) is 5.82 Å². The first-order chi connectivity index (χ1) is 7.68. The fourth-order valence-electron chi connectivity index (χ4n) is 1.30. The Hall–Kier alpha value is -1.07. The summed E-state index contributed by atoms with van der Waals surface area (Å²) in [5.74, 6) is -0.462. The number of carbonyl (C=O) groups excluding carboxylic acids is 1. The monoisotopic (exact) mass is 299 g/mol. The first-order valence-electron chi connectivity index (χ1n) is 4.53. The lowest BCUT2D eigenvalue weighted by Gasteiger charge is -2.03. The molecule has 1 aromatic heterocycles. The molecule has 0 fully saturated rings. The van der Waals surface area contributed by atoms with Gasteiger partial charge in [-0.3, -0.25) is 4.79 Å². The zero-order chi connectivity index (χ0) is 11.5. The fraction of sp³-hybridized carbons (Fsp3) is 0.0909. The van der Waals surface area contributed by atoms with Crippen LogP contribution in [0.15, 0.2) is 33.6 Å². The molecule has 82 valence electrons. The number of Topliss-reactive ketones (excluding diaryl/α,β-unsaturated/α-hetero) is 1. The lowest BCUT2D eigenvalue weighted by molar-refractivity contribution is 0.0988. The van der Waals surface area contributed by atoms with Crippen LogP contribution in [0.4, 0.5) is 4.39 Å². The summed E-state index contributed by atoms with van der Waals surface area (Å²) in [6, 6.07) is 4.65. The number of ketones is 1. The largest absolute Gasteiger partial charge is 0.292 e. The molecule has 0 aliphatic rings. The molecule has 0 radical (unpaired) electrons. The molecule has 0 aliphatic carbocycles. The quantitative estimate of drug-likeness (QED) is 0.812. The van der Waals surface area contributed by atoms with Crippen molar-refractivity contribution in [2.24, 2.45) is 0 Å². The van der Waals surface area contributed by atoms with E-state index in [2.05, 4.69) is 20.9 Å². The predicted octanol–water partition coefficient (Wildman–Crippen LogP) is 3.47. The highest BCUT2D eigenvalue weighted by Gasteiger charge is 2.12. The standard InChI is InChI=1S/C11H7BrFNOS/c12-11-7(2-1-3-8(11)13)4-10(15)9-5-16-6-14-9/h1-3,5-6H,4H2. The molecule has 2 aromatic rings. The number of rotatable bonds is 3. The number of aromatic nitrogens is 1. The number of carbonyl (C=O) groups is 1. The lowest BCUT2D eigenvalue weighted by atomic mass is 10.1. The average molecular weight is 300 g/mol. The summed E-state index contributed by atoms with van der Waals surface area (Å²) in [5, 5.41) is 1.69. The van der Waals surface area contributed by atoms with Crippen LogP contribution in [0.2, 0.25) is 0 Å². The van der Waals surface area contributed by atoms with Crippen molar-refractivity contribution in [2.75, 3.05) is 0 Å². The predicted molar refractivity (Wildman–Crippen MR) is 64.2 cm³/mol. The van der Waals surface area contributed by atoms with Crippen molar-refractivity contribution in [3.05, 3.63) is 50.6 Å². The van der Waals surface area contributed by atoms with Crippen molar-refractivity contribution in [1.82, 2.24) is 4.98 Å². The Morgan fingerprint density at radius 2 is 2.31 bits per heavy atom. The van der Waals surface area contributed by atoms with Crippen LogP contribution in [-0.4, -0.2) is 10.8 Å². The Morgan fingerprint density at radius 3 is 3.00 bits per heavy atom. The maximum absolute atomic E-state index is 13.2. The first kappa shape index (κ1) is 11.4. The molecule has 0 amide bonds. The van der Waals surface area contributed by atoms with Gasteiger partial charge < -0.3 is 0 Å². The minimum absolute atomic E-state index is 0.104. The molecule has 16 heavy (non-hydrogen) atoms.